The van der Waals surface area contributed by atoms with E-state index in [-0.39, 0.29) is 5.91 Å². The van der Waals surface area contributed by atoms with Crippen molar-refractivity contribution >= 4 is 17.4 Å². The molecule has 2 aliphatic rings. The maximum atomic E-state index is 13.1. The summed E-state index contributed by atoms with van der Waals surface area (Å²) in [5.74, 6) is 0.792. The van der Waals surface area contributed by atoms with Crippen LogP contribution in [0.1, 0.15) is 22.3 Å². The lowest BCUT2D eigenvalue weighted by Crippen LogP contribution is -2.39. The molecular weight excluding hydrogens is 340 g/mol. The number of aryl methyl sites for hydroxylation is 1. The van der Waals surface area contributed by atoms with Crippen LogP contribution in [0.5, 0.6) is 0 Å². The zero-order chi connectivity index (χ0) is 18.5. The smallest absolute Gasteiger partial charge is 0.258 e. The van der Waals surface area contributed by atoms with Gasteiger partial charge < -0.3 is 15.0 Å². The first kappa shape index (κ1) is 17.9. The summed E-state index contributed by atoms with van der Waals surface area (Å²) in [6.45, 7) is 6.07. The van der Waals surface area contributed by atoms with Crippen LogP contribution in [0.2, 0.25) is 0 Å². The maximum Gasteiger partial charge on any atom is 0.258 e. The highest BCUT2D eigenvalue weighted by atomic mass is 16.5. The lowest BCUT2D eigenvalue weighted by Gasteiger charge is -2.29. The molecule has 1 aromatic heterocycles. The van der Waals surface area contributed by atoms with E-state index in [2.05, 4.69) is 21.3 Å². The number of hydrogen-bond acceptors (Lipinski definition) is 5. The second-order valence-electron chi connectivity index (χ2n) is 7.00. The number of benzene rings is 1. The molecule has 1 saturated heterocycles. The van der Waals surface area contributed by atoms with Crippen LogP contribution in [-0.2, 0) is 11.2 Å². The Bertz CT molecular complexity index is 789. The largest absolute Gasteiger partial charge is 0.379 e. The molecule has 6 heteroatoms. The molecule has 1 amide bonds. The number of ether oxygens (including phenoxy) is 1. The Kier molecular flexibility index (Phi) is 5.65. The Balaban J connectivity index is 1.41. The molecule has 1 aromatic carbocycles. The average molecular weight is 366 g/mol. The first-order chi connectivity index (χ1) is 13.3. The third-order valence-electron chi connectivity index (χ3n) is 5.20. The fraction of sp³-hybridized carbons (Fsp3) is 0.429. The van der Waals surface area contributed by atoms with Gasteiger partial charge in [0.15, 0.2) is 0 Å². The van der Waals surface area contributed by atoms with Gasteiger partial charge in [-0.3, -0.25) is 9.69 Å². The number of carbonyl (C=O) groups is 1. The molecule has 0 unspecified atom stereocenters. The molecule has 0 atom stereocenters. The molecule has 1 fully saturated rings. The first-order valence-corrected chi connectivity index (χ1v) is 9.71. The van der Waals surface area contributed by atoms with Crippen LogP contribution in [-0.4, -0.2) is 61.7 Å². The number of nitrogens with zero attached hydrogens (tertiary/aromatic N) is 3. The second-order valence-corrected chi connectivity index (χ2v) is 7.00. The molecule has 0 bridgehead atoms. The fourth-order valence-corrected chi connectivity index (χ4v) is 3.73. The Morgan fingerprint density at radius 1 is 1.15 bits per heavy atom. The molecule has 0 aliphatic carbocycles. The molecule has 142 valence electrons. The second kappa shape index (κ2) is 8.50. The number of carbonyl (C=O) groups excluding carboxylic acids is 1. The van der Waals surface area contributed by atoms with Crippen molar-refractivity contribution < 1.29 is 9.53 Å². The van der Waals surface area contributed by atoms with Gasteiger partial charge in [-0.1, -0.05) is 18.2 Å². The molecule has 0 spiro atoms. The van der Waals surface area contributed by atoms with Gasteiger partial charge in [-0.15, -0.1) is 0 Å². The van der Waals surface area contributed by atoms with Gasteiger partial charge >= 0.3 is 0 Å². The van der Waals surface area contributed by atoms with Gasteiger partial charge in [0.05, 0.1) is 13.2 Å². The van der Waals surface area contributed by atoms with E-state index in [1.54, 1.807) is 12.3 Å². The normalized spacial score (nSPS) is 17.4. The SMILES string of the molecule is O=C(c1ccnc(NCCN2CCOCC2)c1)N1CCCc2ccccc21. The molecule has 0 saturated carbocycles. The number of hydrogen-bond donors (Lipinski definition) is 1. The van der Waals surface area contributed by atoms with E-state index >= 15 is 0 Å². The predicted octanol–water partition coefficient (Wildman–Crippen LogP) is 2.42. The van der Waals surface area contributed by atoms with Gasteiger partial charge in [0.2, 0.25) is 0 Å². The zero-order valence-corrected chi connectivity index (χ0v) is 15.6. The van der Waals surface area contributed by atoms with Crippen molar-refractivity contribution in [2.75, 3.05) is 56.2 Å². The van der Waals surface area contributed by atoms with Crippen LogP contribution in [0.25, 0.3) is 0 Å². The minimum Gasteiger partial charge on any atom is -0.379 e. The summed E-state index contributed by atoms with van der Waals surface area (Å²) in [6, 6.07) is 11.8. The summed E-state index contributed by atoms with van der Waals surface area (Å²) in [7, 11) is 0. The Hall–Kier alpha value is -2.44. The average Bonchev–Trinajstić information content (AvgIpc) is 2.74. The Morgan fingerprint density at radius 2 is 2.00 bits per heavy atom. The number of para-hydroxylation sites is 1. The zero-order valence-electron chi connectivity index (χ0n) is 15.6. The van der Waals surface area contributed by atoms with Crippen molar-refractivity contribution in [3.63, 3.8) is 0 Å². The van der Waals surface area contributed by atoms with Gasteiger partial charge in [-0.05, 0) is 36.6 Å². The highest BCUT2D eigenvalue weighted by Gasteiger charge is 2.23. The van der Waals surface area contributed by atoms with Crippen molar-refractivity contribution in [3.05, 3.63) is 53.7 Å². The van der Waals surface area contributed by atoms with E-state index in [0.717, 1.165) is 70.3 Å². The van der Waals surface area contributed by atoms with Gasteiger partial charge in [0.25, 0.3) is 5.91 Å². The van der Waals surface area contributed by atoms with Crippen molar-refractivity contribution in [1.29, 1.82) is 0 Å². The lowest BCUT2D eigenvalue weighted by atomic mass is 10.0. The highest BCUT2D eigenvalue weighted by molar-refractivity contribution is 6.07. The minimum atomic E-state index is 0.0424. The number of morpholine rings is 1. The number of fused-ring (bicyclic) bond motifs is 1. The number of pyridine rings is 1. The van der Waals surface area contributed by atoms with E-state index in [1.807, 2.05) is 29.2 Å². The summed E-state index contributed by atoms with van der Waals surface area (Å²) in [4.78, 5) is 21.7. The Morgan fingerprint density at radius 3 is 2.89 bits per heavy atom. The molecule has 0 radical (unpaired) electrons. The van der Waals surface area contributed by atoms with E-state index in [9.17, 15) is 4.79 Å². The van der Waals surface area contributed by atoms with Gasteiger partial charge in [-0.25, -0.2) is 4.98 Å². The standard InChI is InChI=1S/C21H26N4O2/c26-21(25-10-3-5-17-4-1-2-6-19(17)25)18-7-8-22-20(16-18)23-9-11-24-12-14-27-15-13-24/h1-2,4,6-8,16H,3,5,9-15H2,(H,22,23). The topological polar surface area (TPSA) is 57.7 Å². The van der Waals surface area contributed by atoms with Gasteiger partial charge in [-0.2, -0.15) is 0 Å². The summed E-state index contributed by atoms with van der Waals surface area (Å²) in [5, 5.41) is 3.34. The number of anilines is 2. The maximum absolute atomic E-state index is 13.1. The van der Waals surface area contributed by atoms with Crippen LogP contribution >= 0.6 is 0 Å². The molecular formula is C21H26N4O2. The van der Waals surface area contributed by atoms with Crippen LogP contribution in [0.15, 0.2) is 42.6 Å². The van der Waals surface area contributed by atoms with E-state index < -0.39 is 0 Å². The third-order valence-corrected chi connectivity index (χ3v) is 5.20. The predicted molar refractivity (Wildman–Crippen MR) is 106 cm³/mol. The van der Waals surface area contributed by atoms with Crippen molar-refractivity contribution in [1.82, 2.24) is 9.88 Å². The van der Waals surface area contributed by atoms with E-state index in [0.29, 0.717) is 5.56 Å². The minimum absolute atomic E-state index is 0.0424. The third kappa shape index (κ3) is 4.28. The summed E-state index contributed by atoms with van der Waals surface area (Å²) < 4.78 is 5.37. The number of rotatable bonds is 5. The van der Waals surface area contributed by atoms with E-state index in [1.165, 1.54) is 5.56 Å². The van der Waals surface area contributed by atoms with Gasteiger partial charge in [0, 0.05) is 50.2 Å². The number of amides is 1. The van der Waals surface area contributed by atoms with Gasteiger partial charge in [0.1, 0.15) is 5.82 Å². The fourth-order valence-electron chi connectivity index (χ4n) is 3.73. The van der Waals surface area contributed by atoms with Crippen LogP contribution < -0.4 is 10.2 Å². The van der Waals surface area contributed by atoms with Crippen molar-refractivity contribution in [2.45, 2.75) is 12.8 Å². The highest BCUT2D eigenvalue weighted by Crippen LogP contribution is 2.28. The molecule has 4 rings (SSSR count). The Labute approximate surface area is 160 Å². The number of aromatic nitrogens is 1. The molecule has 6 nitrogen and oxygen atoms in total. The molecule has 2 aromatic rings. The van der Waals surface area contributed by atoms with Crippen molar-refractivity contribution in [3.8, 4) is 0 Å². The molecule has 27 heavy (non-hydrogen) atoms. The lowest BCUT2D eigenvalue weighted by molar-refractivity contribution is 0.0398. The first-order valence-electron chi connectivity index (χ1n) is 9.71. The van der Waals surface area contributed by atoms with Crippen LogP contribution in [0, 0.1) is 0 Å². The summed E-state index contributed by atoms with van der Waals surface area (Å²) in [6.07, 6.45) is 3.74. The van der Waals surface area contributed by atoms with Crippen molar-refractivity contribution in [2.24, 2.45) is 0 Å². The number of nitrogens with one attached hydrogen (secondary N) is 1. The summed E-state index contributed by atoms with van der Waals surface area (Å²) >= 11 is 0. The van der Waals surface area contributed by atoms with E-state index in [4.69, 9.17) is 4.74 Å². The monoisotopic (exact) mass is 366 g/mol. The molecule has 2 aliphatic heterocycles. The molecule has 3 heterocycles. The van der Waals surface area contributed by atoms with Crippen LogP contribution in [0.3, 0.4) is 0 Å². The van der Waals surface area contributed by atoms with Crippen LogP contribution in [0.4, 0.5) is 11.5 Å². The quantitative estimate of drug-likeness (QED) is 0.881. The summed E-state index contributed by atoms with van der Waals surface area (Å²) in [5.41, 5.74) is 2.96. The molecule has 1 N–H and O–H groups in total.